The molecule has 0 atom stereocenters. The Morgan fingerprint density at radius 1 is 1.00 bits per heavy atom. The van der Waals surface area contributed by atoms with Crippen LogP contribution in [0.1, 0.15) is 18.1 Å². The predicted octanol–water partition coefficient (Wildman–Crippen LogP) is 5.19. The number of carbonyl (C=O) groups is 1. The molecule has 1 N–H and O–H groups in total. The van der Waals surface area contributed by atoms with Crippen LogP contribution < -0.4 is 10.1 Å². The van der Waals surface area contributed by atoms with Crippen molar-refractivity contribution in [1.82, 2.24) is 0 Å². The summed E-state index contributed by atoms with van der Waals surface area (Å²) in [4.78, 5) is 22.8. The average Bonchev–Trinajstić information content (AvgIpc) is 2.80. The molecular weight excluding hydrogens is 396 g/mol. The molecule has 0 heterocycles. The molecule has 3 aromatic rings. The second-order valence-corrected chi connectivity index (χ2v) is 6.53. The molecule has 0 saturated carbocycles. The number of hydrogen-bond acceptors (Lipinski definition) is 6. The van der Waals surface area contributed by atoms with Gasteiger partial charge in [-0.1, -0.05) is 42.5 Å². The maximum absolute atomic E-state index is 12.5. The molecule has 158 valence electrons. The zero-order chi connectivity index (χ0) is 22.1. The van der Waals surface area contributed by atoms with E-state index in [2.05, 4.69) is 5.32 Å². The van der Waals surface area contributed by atoms with Gasteiger partial charge in [0.05, 0.1) is 17.1 Å². The molecule has 7 heteroatoms. The molecule has 0 aliphatic heterocycles. The summed E-state index contributed by atoms with van der Waals surface area (Å²) in [5, 5.41) is 13.8. The molecule has 3 aromatic carbocycles. The highest BCUT2D eigenvalue weighted by atomic mass is 16.6. The van der Waals surface area contributed by atoms with Gasteiger partial charge in [0.15, 0.2) is 0 Å². The summed E-state index contributed by atoms with van der Waals surface area (Å²) in [6, 6.07) is 22.9. The van der Waals surface area contributed by atoms with E-state index in [1.807, 2.05) is 30.3 Å². The molecule has 0 spiro atoms. The van der Waals surface area contributed by atoms with E-state index < -0.39 is 10.9 Å². The number of benzene rings is 3. The van der Waals surface area contributed by atoms with Gasteiger partial charge in [-0.3, -0.25) is 10.1 Å². The third-order valence-corrected chi connectivity index (χ3v) is 4.37. The highest BCUT2D eigenvalue weighted by Gasteiger charge is 2.14. The van der Waals surface area contributed by atoms with Crippen LogP contribution in [0.2, 0.25) is 0 Å². The Balaban J connectivity index is 1.74. The van der Waals surface area contributed by atoms with Crippen molar-refractivity contribution in [1.29, 1.82) is 0 Å². The quantitative estimate of drug-likeness (QED) is 0.223. The van der Waals surface area contributed by atoms with Crippen molar-refractivity contribution in [3.05, 3.63) is 106 Å². The summed E-state index contributed by atoms with van der Waals surface area (Å²) in [6.07, 6.45) is 1.53. The van der Waals surface area contributed by atoms with E-state index in [9.17, 15) is 14.9 Å². The van der Waals surface area contributed by atoms with Gasteiger partial charge < -0.3 is 14.8 Å². The fourth-order valence-corrected chi connectivity index (χ4v) is 2.78. The van der Waals surface area contributed by atoms with Crippen LogP contribution in [0.4, 0.5) is 11.4 Å². The van der Waals surface area contributed by atoms with Gasteiger partial charge in [-0.25, -0.2) is 4.79 Å². The number of rotatable bonds is 9. The minimum atomic E-state index is -0.477. The molecule has 0 bridgehead atoms. The maximum Gasteiger partial charge on any atom is 0.340 e. The van der Waals surface area contributed by atoms with Gasteiger partial charge >= 0.3 is 5.97 Å². The van der Waals surface area contributed by atoms with Crippen LogP contribution in [0.5, 0.6) is 5.75 Å². The number of esters is 1. The first-order chi connectivity index (χ1) is 15.1. The summed E-state index contributed by atoms with van der Waals surface area (Å²) >= 11 is 0. The monoisotopic (exact) mass is 418 g/mol. The standard InChI is InChI=1S/C24H22N2O5/c1-2-30-24(27)23(16-25-20-10-12-21(13-11-20)26(28)29)19-8-14-22(15-9-19)31-17-18-6-4-3-5-7-18/h3-16,25H,2,17H2,1H3/b23-16-. The number of hydrogen-bond donors (Lipinski definition) is 1. The van der Waals surface area contributed by atoms with Crippen LogP contribution in [0.3, 0.4) is 0 Å². The number of anilines is 1. The number of carbonyl (C=O) groups excluding carboxylic acids is 1. The predicted molar refractivity (Wildman–Crippen MR) is 119 cm³/mol. The first-order valence-electron chi connectivity index (χ1n) is 9.72. The molecular formula is C24H22N2O5. The van der Waals surface area contributed by atoms with E-state index in [0.717, 1.165) is 5.56 Å². The van der Waals surface area contributed by atoms with E-state index in [0.29, 0.717) is 29.2 Å². The zero-order valence-electron chi connectivity index (χ0n) is 17.0. The fourth-order valence-electron chi connectivity index (χ4n) is 2.78. The summed E-state index contributed by atoms with van der Waals surface area (Å²) < 4.78 is 11.0. The second-order valence-electron chi connectivity index (χ2n) is 6.53. The molecule has 7 nitrogen and oxygen atoms in total. The molecule has 0 aliphatic rings. The van der Waals surface area contributed by atoms with Crippen LogP contribution in [0.25, 0.3) is 5.57 Å². The second kappa shape index (κ2) is 10.6. The summed E-state index contributed by atoms with van der Waals surface area (Å²) in [5.74, 6) is 0.203. The summed E-state index contributed by atoms with van der Waals surface area (Å²) in [7, 11) is 0. The van der Waals surface area contributed by atoms with Crippen molar-refractivity contribution < 1.29 is 19.2 Å². The van der Waals surface area contributed by atoms with Crippen molar-refractivity contribution in [3.63, 3.8) is 0 Å². The van der Waals surface area contributed by atoms with Gasteiger partial charge in [0, 0.05) is 24.0 Å². The lowest BCUT2D eigenvalue weighted by Crippen LogP contribution is -2.08. The Hall–Kier alpha value is -4.13. The van der Waals surface area contributed by atoms with Gasteiger partial charge in [-0.05, 0) is 42.3 Å². The minimum Gasteiger partial charge on any atom is -0.489 e. The maximum atomic E-state index is 12.5. The Kier molecular flexibility index (Phi) is 7.37. The Morgan fingerprint density at radius 3 is 2.29 bits per heavy atom. The van der Waals surface area contributed by atoms with Gasteiger partial charge in [0.1, 0.15) is 12.4 Å². The molecule has 0 radical (unpaired) electrons. The smallest absolute Gasteiger partial charge is 0.340 e. The van der Waals surface area contributed by atoms with Gasteiger partial charge in [-0.15, -0.1) is 0 Å². The third-order valence-electron chi connectivity index (χ3n) is 4.37. The summed E-state index contributed by atoms with van der Waals surface area (Å²) in [5.41, 5.74) is 2.64. The van der Waals surface area contributed by atoms with Crippen molar-refractivity contribution >= 4 is 22.9 Å². The van der Waals surface area contributed by atoms with Crippen molar-refractivity contribution in [3.8, 4) is 5.75 Å². The van der Waals surface area contributed by atoms with Crippen LogP contribution >= 0.6 is 0 Å². The Labute approximate surface area is 180 Å². The highest BCUT2D eigenvalue weighted by Crippen LogP contribution is 2.22. The molecule has 0 saturated heterocycles. The van der Waals surface area contributed by atoms with Crippen molar-refractivity contribution in [2.75, 3.05) is 11.9 Å². The van der Waals surface area contributed by atoms with Gasteiger partial charge in [0.2, 0.25) is 0 Å². The molecule has 0 aromatic heterocycles. The van der Waals surface area contributed by atoms with Gasteiger partial charge in [-0.2, -0.15) is 0 Å². The van der Waals surface area contributed by atoms with E-state index in [4.69, 9.17) is 9.47 Å². The zero-order valence-corrected chi connectivity index (χ0v) is 17.0. The van der Waals surface area contributed by atoms with E-state index in [-0.39, 0.29) is 12.3 Å². The van der Waals surface area contributed by atoms with Crippen LogP contribution in [-0.4, -0.2) is 17.5 Å². The Morgan fingerprint density at radius 2 is 1.68 bits per heavy atom. The van der Waals surface area contributed by atoms with E-state index in [1.165, 1.54) is 18.3 Å². The topological polar surface area (TPSA) is 90.7 Å². The highest BCUT2D eigenvalue weighted by molar-refractivity contribution is 6.16. The van der Waals surface area contributed by atoms with E-state index in [1.54, 1.807) is 43.3 Å². The van der Waals surface area contributed by atoms with Gasteiger partial charge in [0.25, 0.3) is 5.69 Å². The largest absolute Gasteiger partial charge is 0.489 e. The molecule has 0 amide bonds. The number of nitrogens with one attached hydrogen (secondary N) is 1. The SMILES string of the molecule is CCOC(=O)/C(=C\Nc1ccc([N+](=O)[O-])cc1)c1ccc(OCc2ccccc2)cc1. The number of nitro groups is 1. The minimum absolute atomic E-state index is 0.00811. The van der Waals surface area contributed by atoms with Crippen LogP contribution in [-0.2, 0) is 16.1 Å². The molecule has 3 rings (SSSR count). The first-order valence-corrected chi connectivity index (χ1v) is 9.72. The average molecular weight is 418 g/mol. The number of non-ortho nitro benzene ring substituents is 1. The number of nitrogens with zero attached hydrogens (tertiary/aromatic N) is 1. The number of nitro benzene ring substituents is 1. The lowest BCUT2D eigenvalue weighted by Gasteiger charge is -2.10. The van der Waals surface area contributed by atoms with Crippen LogP contribution in [0, 0.1) is 10.1 Å². The first kappa shape index (κ1) is 21.6. The van der Waals surface area contributed by atoms with Crippen molar-refractivity contribution in [2.45, 2.75) is 13.5 Å². The van der Waals surface area contributed by atoms with Crippen LogP contribution in [0.15, 0.2) is 85.1 Å². The van der Waals surface area contributed by atoms with E-state index >= 15 is 0 Å². The molecule has 31 heavy (non-hydrogen) atoms. The molecule has 0 aliphatic carbocycles. The molecule has 0 fully saturated rings. The fraction of sp³-hybridized carbons (Fsp3) is 0.125. The van der Waals surface area contributed by atoms with Crippen molar-refractivity contribution in [2.24, 2.45) is 0 Å². The third kappa shape index (κ3) is 6.17. The lowest BCUT2D eigenvalue weighted by atomic mass is 10.1. The summed E-state index contributed by atoms with van der Waals surface area (Å²) in [6.45, 7) is 2.42. The number of ether oxygens (including phenoxy) is 2. The Bertz CT molecular complexity index is 1050. The molecule has 0 unspecified atom stereocenters. The lowest BCUT2D eigenvalue weighted by molar-refractivity contribution is -0.384. The normalized spacial score (nSPS) is 10.9.